The molecule has 268 valence electrons. The molecule has 2 heteroatoms. The molecule has 1 aliphatic carbocycles. The number of hydrogen-bond donors (Lipinski definition) is 0. The van der Waals surface area contributed by atoms with E-state index in [1.807, 2.05) is 6.07 Å². The third-order valence-electron chi connectivity index (χ3n) is 12.1. The number of benzene rings is 9. The molecule has 0 spiro atoms. The molecule has 0 fully saturated rings. The van der Waals surface area contributed by atoms with E-state index in [4.69, 9.17) is 9.97 Å². The quantitative estimate of drug-likeness (QED) is 0.130. The van der Waals surface area contributed by atoms with E-state index in [1.54, 1.807) is 0 Å². The van der Waals surface area contributed by atoms with Crippen molar-refractivity contribution in [2.75, 3.05) is 0 Å². The molecule has 0 atom stereocenters. The average molecular weight is 727 g/mol. The maximum atomic E-state index is 5.26. The Kier molecular flexibility index (Phi) is 7.55. The number of fused-ring (bicyclic) bond motifs is 7. The van der Waals surface area contributed by atoms with E-state index in [2.05, 4.69) is 202 Å². The normalized spacial score (nSPS) is 12.9. The van der Waals surface area contributed by atoms with Crippen LogP contribution in [0.1, 0.15) is 25.0 Å². The van der Waals surface area contributed by atoms with E-state index in [0.717, 1.165) is 33.6 Å². The molecule has 0 saturated heterocycles. The average Bonchev–Trinajstić information content (AvgIpc) is 3.51. The van der Waals surface area contributed by atoms with Crippen molar-refractivity contribution in [2.24, 2.45) is 0 Å². The van der Waals surface area contributed by atoms with Crippen LogP contribution in [-0.2, 0) is 5.41 Å². The van der Waals surface area contributed by atoms with Crippen LogP contribution in [-0.4, -0.2) is 9.97 Å². The van der Waals surface area contributed by atoms with Gasteiger partial charge in [0.1, 0.15) is 0 Å². The molecule has 9 aromatic carbocycles. The molecule has 0 radical (unpaired) electrons. The van der Waals surface area contributed by atoms with Gasteiger partial charge in [0.2, 0.25) is 0 Å². The van der Waals surface area contributed by atoms with Crippen molar-refractivity contribution in [1.29, 1.82) is 0 Å². The summed E-state index contributed by atoms with van der Waals surface area (Å²) >= 11 is 0. The van der Waals surface area contributed by atoms with Crippen molar-refractivity contribution >= 4 is 32.3 Å². The van der Waals surface area contributed by atoms with E-state index >= 15 is 0 Å². The lowest BCUT2D eigenvalue weighted by Crippen LogP contribution is -2.14. The van der Waals surface area contributed by atoms with Crippen molar-refractivity contribution in [3.63, 3.8) is 0 Å². The molecule has 1 aliphatic rings. The molecule has 0 amide bonds. The van der Waals surface area contributed by atoms with Gasteiger partial charge in [-0.3, -0.25) is 0 Å². The highest BCUT2D eigenvalue weighted by Gasteiger charge is 2.35. The lowest BCUT2D eigenvalue weighted by atomic mass is 9.82. The molecule has 2 nitrogen and oxygen atoms in total. The van der Waals surface area contributed by atoms with Gasteiger partial charge in [-0.2, -0.15) is 0 Å². The first-order valence-electron chi connectivity index (χ1n) is 19.7. The summed E-state index contributed by atoms with van der Waals surface area (Å²) in [5.41, 5.74) is 15.0. The molecular weight excluding hydrogens is 689 g/mol. The predicted octanol–water partition coefficient (Wildman–Crippen LogP) is 14.6. The van der Waals surface area contributed by atoms with Gasteiger partial charge in [0, 0.05) is 22.1 Å². The van der Waals surface area contributed by atoms with Gasteiger partial charge in [-0.25, -0.2) is 9.97 Å². The smallest absolute Gasteiger partial charge is 0.160 e. The van der Waals surface area contributed by atoms with Crippen molar-refractivity contribution < 1.29 is 0 Å². The minimum absolute atomic E-state index is 0.0409. The minimum Gasteiger partial charge on any atom is -0.228 e. The highest BCUT2D eigenvalue weighted by molar-refractivity contribution is 6.20. The Hall–Kier alpha value is -7.16. The standard InChI is InChI=1S/C55H38N2/c1-55(2)49-23-13-12-21-44(49)48-33-40(29-31-50(48)55)42-19-10-11-22-45(42)52-34-51(56-54(57-52)38-15-4-3-5-16-38)36-24-26-37(27-25-36)53-43-20-9-7-17-39(43)32-47-41-18-8-6-14-35(41)28-30-46(47)53/h3-34H,1-2H3. The van der Waals surface area contributed by atoms with Crippen molar-refractivity contribution in [1.82, 2.24) is 9.97 Å². The van der Waals surface area contributed by atoms with Crippen molar-refractivity contribution in [2.45, 2.75) is 19.3 Å². The second kappa shape index (κ2) is 13.0. The number of nitrogens with zero attached hydrogens (tertiary/aromatic N) is 2. The summed E-state index contributed by atoms with van der Waals surface area (Å²) in [4.78, 5) is 10.5. The molecule has 0 saturated carbocycles. The van der Waals surface area contributed by atoms with Gasteiger partial charge in [-0.15, -0.1) is 0 Å². The van der Waals surface area contributed by atoms with Crippen LogP contribution in [0, 0.1) is 0 Å². The zero-order valence-corrected chi connectivity index (χ0v) is 31.9. The van der Waals surface area contributed by atoms with Crippen LogP contribution in [0.4, 0.5) is 0 Å². The molecular formula is C55H38N2. The summed E-state index contributed by atoms with van der Waals surface area (Å²) < 4.78 is 0. The number of rotatable bonds is 5. The summed E-state index contributed by atoms with van der Waals surface area (Å²) in [5.74, 6) is 0.707. The van der Waals surface area contributed by atoms with Crippen molar-refractivity contribution in [3.05, 3.63) is 205 Å². The van der Waals surface area contributed by atoms with Crippen LogP contribution < -0.4 is 0 Å². The Morgan fingerprint density at radius 1 is 0.333 bits per heavy atom. The lowest BCUT2D eigenvalue weighted by Gasteiger charge is -2.21. The van der Waals surface area contributed by atoms with Gasteiger partial charge in [0.15, 0.2) is 5.82 Å². The fourth-order valence-electron chi connectivity index (χ4n) is 9.23. The topological polar surface area (TPSA) is 25.8 Å². The lowest BCUT2D eigenvalue weighted by molar-refractivity contribution is 0.660. The summed E-state index contributed by atoms with van der Waals surface area (Å²) in [6.07, 6.45) is 0. The van der Waals surface area contributed by atoms with Crippen LogP contribution in [0.2, 0.25) is 0 Å². The van der Waals surface area contributed by atoms with Gasteiger partial charge in [0.25, 0.3) is 0 Å². The van der Waals surface area contributed by atoms with Crippen LogP contribution >= 0.6 is 0 Å². The van der Waals surface area contributed by atoms with Gasteiger partial charge >= 0.3 is 0 Å². The van der Waals surface area contributed by atoms with Gasteiger partial charge in [-0.05, 0) is 95.0 Å². The largest absolute Gasteiger partial charge is 0.228 e. The molecule has 0 N–H and O–H groups in total. The van der Waals surface area contributed by atoms with E-state index in [0.29, 0.717) is 5.82 Å². The van der Waals surface area contributed by atoms with Crippen LogP contribution in [0.3, 0.4) is 0 Å². The second-order valence-corrected chi connectivity index (χ2v) is 15.7. The van der Waals surface area contributed by atoms with Crippen LogP contribution in [0.15, 0.2) is 194 Å². The monoisotopic (exact) mass is 726 g/mol. The second-order valence-electron chi connectivity index (χ2n) is 15.7. The van der Waals surface area contributed by atoms with Gasteiger partial charge in [-0.1, -0.05) is 190 Å². The predicted molar refractivity (Wildman–Crippen MR) is 239 cm³/mol. The first-order chi connectivity index (χ1) is 28.0. The maximum absolute atomic E-state index is 5.26. The van der Waals surface area contributed by atoms with Gasteiger partial charge in [0.05, 0.1) is 11.4 Å². The van der Waals surface area contributed by atoms with Crippen LogP contribution in [0.5, 0.6) is 0 Å². The van der Waals surface area contributed by atoms with E-state index in [-0.39, 0.29) is 5.41 Å². The van der Waals surface area contributed by atoms with Gasteiger partial charge < -0.3 is 0 Å². The zero-order chi connectivity index (χ0) is 38.1. The highest BCUT2D eigenvalue weighted by Crippen LogP contribution is 2.50. The first-order valence-corrected chi connectivity index (χ1v) is 19.7. The maximum Gasteiger partial charge on any atom is 0.160 e. The molecule has 1 aromatic heterocycles. The Morgan fingerprint density at radius 3 is 1.77 bits per heavy atom. The molecule has 11 rings (SSSR count). The third kappa shape index (κ3) is 5.40. The van der Waals surface area contributed by atoms with E-state index < -0.39 is 0 Å². The molecule has 0 bridgehead atoms. The number of hydrogen-bond acceptors (Lipinski definition) is 2. The Bertz CT molecular complexity index is 3190. The fourth-order valence-corrected chi connectivity index (χ4v) is 9.23. The minimum atomic E-state index is -0.0409. The molecule has 57 heavy (non-hydrogen) atoms. The molecule has 10 aromatic rings. The SMILES string of the molecule is CC1(C)c2ccccc2-c2cc(-c3ccccc3-c3cc(-c4ccc(-c5c6ccccc6cc6c5ccc5ccccc56)cc4)nc(-c4ccccc4)n3)ccc21. The highest BCUT2D eigenvalue weighted by atomic mass is 14.9. The number of aromatic nitrogens is 2. The zero-order valence-electron chi connectivity index (χ0n) is 31.9. The first kappa shape index (κ1) is 33.2. The molecule has 1 heterocycles. The van der Waals surface area contributed by atoms with Crippen molar-refractivity contribution in [3.8, 4) is 67.3 Å². The summed E-state index contributed by atoms with van der Waals surface area (Å²) in [5, 5.41) is 7.54. The molecule has 0 unspecified atom stereocenters. The van der Waals surface area contributed by atoms with Crippen LogP contribution in [0.25, 0.3) is 99.6 Å². The van der Waals surface area contributed by atoms with E-state index in [1.165, 1.54) is 71.3 Å². The third-order valence-corrected chi connectivity index (χ3v) is 12.1. The Morgan fingerprint density at radius 2 is 0.947 bits per heavy atom. The summed E-state index contributed by atoms with van der Waals surface area (Å²) in [6, 6.07) is 70.2. The molecule has 0 aliphatic heterocycles. The summed E-state index contributed by atoms with van der Waals surface area (Å²) in [6.45, 7) is 4.66. The van der Waals surface area contributed by atoms with E-state index in [9.17, 15) is 0 Å². The summed E-state index contributed by atoms with van der Waals surface area (Å²) in [7, 11) is 0. The fraction of sp³-hybridized carbons (Fsp3) is 0.0545. The Labute approximate surface area is 332 Å². The Balaban J connectivity index is 1.05.